The third-order valence-corrected chi connectivity index (χ3v) is 3.90. The van der Waals surface area contributed by atoms with Gasteiger partial charge in [0.25, 0.3) is 0 Å². The van der Waals surface area contributed by atoms with Crippen molar-refractivity contribution in [1.82, 2.24) is 5.32 Å². The second kappa shape index (κ2) is 7.42. The summed E-state index contributed by atoms with van der Waals surface area (Å²) in [4.78, 5) is 12.1. The Labute approximate surface area is 139 Å². The number of hydrogen-bond donors (Lipinski definition) is 2. The summed E-state index contributed by atoms with van der Waals surface area (Å²) >= 11 is 0. The Morgan fingerprint density at radius 1 is 1.00 bits per heavy atom. The highest BCUT2D eigenvalue weighted by molar-refractivity contribution is 5.92. The Hall–Kier alpha value is -2.13. The molecule has 2 aromatic rings. The van der Waals surface area contributed by atoms with E-state index in [1.54, 1.807) is 0 Å². The molecule has 0 fully saturated rings. The Morgan fingerprint density at radius 3 is 2.17 bits per heavy atom. The van der Waals surface area contributed by atoms with Crippen molar-refractivity contribution in [2.75, 3.05) is 11.9 Å². The van der Waals surface area contributed by atoms with Crippen molar-refractivity contribution in [3.63, 3.8) is 0 Å². The summed E-state index contributed by atoms with van der Waals surface area (Å²) in [6.07, 6.45) is 0. The predicted molar refractivity (Wildman–Crippen MR) is 96.6 cm³/mol. The van der Waals surface area contributed by atoms with Crippen LogP contribution in [0.4, 0.5) is 5.69 Å². The minimum Gasteiger partial charge on any atom is -0.325 e. The van der Waals surface area contributed by atoms with Crippen LogP contribution in [0.15, 0.2) is 54.6 Å². The minimum atomic E-state index is -0.0312. The fourth-order valence-electron chi connectivity index (χ4n) is 2.36. The van der Waals surface area contributed by atoms with E-state index < -0.39 is 0 Å². The minimum absolute atomic E-state index is 0.0312. The largest absolute Gasteiger partial charge is 0.325 e. The molecule has 0 saturated carbocycles. The second-order valence-corrected chi connectivity index (χ2v) is 6.89. The third-order valence-electron chi connectivity index (χ3n) is 3.90. The zero-order valence-corrected chi connectivity index (χ0v) is 14.4. The van der Waals surface area contributed by atoms with Gasteiger partial charge in [0.15, 0.2) is 0 Å². The summed E-state index contributed by atoms with van der Waals surface area (Å²) in [6, 6.07) is 18.3. The number of rotatable bonds is 5. The molecular weight excluding hydrogens is 284 g/mol. The van der Waals surface area contributed by atoms with Gasteiger partial charge < -0.3 is 10.6 Å². The van der Waals surface area contributed by atoms with Gasteiger partial charge in [0.05, 0.1) is 6.54 Å². The third kappa shape index (κ3) is 5.22. The molecule has 1 amide bonds. The number of carbonyl (C=O) groups is 1. The lowest BCUT2D eigenvalue weighted by molar-refractivity contribution is -0.115. The normalized spacial score (nSPS) is 12.7. The van der Waals surface area contributed by atoms with Crippen molar-refractivity contribution in [3.05, 3.63) is 65.7 Å². The monoisotopic (exact) mass is 310 g/mol. The standard InChI is InChI=1S/C20H26N2O/c1-15(16-8-6-5-7-9-16)21-14-19(23)22-18-12-10-17(11-13-18)20(2,3)4/h5-13,15,21H,14H2,1-4H3,(H,22,23)/t15-/m0/s1. The van der Waals surface area contributed by atoms with Crippen LogP contribution in [0.5, 0.6) is 0 Å². The first-order chi connectivity index (χ1) is 10.9. The van der Waals surface area contributed by atoms with Crippen molar-refractivity contribution in [2.45, 2.75) is 39.2 Å². The van der Waals surface area contributed by atoms with Gasteiger partial charge in [-0.15, -0.1) is 0 Å². The van der Waals surface area contributed by atoms with Crippen LogP contribution >= 0.6 is 0 Å². The van der Waals surface area contributed by atoms with Gasteiger partial charge in [0.1, 0.15) is 0 Å². The molecule has 0 spiro atoms. The number of amides is 1. The summed E-state index contributed by atoms with van der Waals surface area (Å²) in [6.45, 7) is 8.87. The van der Waals surface area contributed by atoms with E-state index in [2.05, 4.69) is 62.6 Å². The maximum Gasteiger partial charge on any atom is 0.238 e. The van der Waals surface area contributed by atoms with Gasteiger partial charge >= 0.3 is 0 Å². The first-order valence-electron chi connectivity index (χ1n) is 8.05. The quantitative estimate of drug-likeness (QED) is 0.865. The Balaban J connectivity index is 1.85. The fraction of sp³-hybridized carbons (Fsp3) is 0.350. The molecule has 2 aromatic carbocycles. The number of nitrogens with one attached hydrogen (secondary N) is 2. The van der Waals surface area contributed by atoms with E-state index >= 15 is 0 Å². The molecule has 1 atom stereocenters. The molecule has 0 unspecified atom stereocenters. The van der Waals surface area contributed by atoms with Crippen molar-refractivity contribution in [2.24, 2.45) is 0 Å². The van der Waals surface area contributed by atoms with Crippen LogP contribution in [-0.2, 0) is 10.2 Å². The summed E-state index contributed by atoms with van der Waals surface area (Å²) in [7, 11) is 0. The van der Waals surface area contributed by atoms with E-state index in [-0.39, 0.29) is 23.9 Å². The van der Waals surface area contributed by atoms with Gasteiger partial charge in [-0.2, -0.15) is 0 Å². The van der Waals surface area contributed by atoms with Crippen LogP contribution in [0, 0.1) is 0 Å². The molecular formula is C20H26N2O. The summed E-state index contributed by atoms with van der Waals surface area (Å²) in [5, 5.41) is 6.17. The smallest absolute Gasteiger partial charge is 0.238 e. The molecule has 0 aromatic heterocycles. The zero-order valence-electron chi connectivity index (χ0n) is 14.4. The van der Waals surface area contributed by atoms with Gasteiger partial charge in [-0.05, 0) is 35.6 Å². The van der Waals surface area contributed by atoms with E-state index in [1.165, 1.54) is 11.1 Å². The van der Waals surface area contributed by atoms with Gasteiger partial charge in [0.2, 0.25) is 5.91 Å². The molecule has 0 radical (unpaired) electrons. The maximum atomic E-state index is 12.1. The predicted octanol–water partition coefficient (Wildman–Crippen LogP) is 4.27. The molecule has 3 heteroatoms. The molecule has 0 aliphatic heterocycles. The molecule has 122 valence electrons. The fourth-order valence-corrected chi connectivity index (χ4v) is 2.36. The van der Waals surface area contributed by atoms with Crippen LogP contribution in [0.25, 0.3) is 0 Å². The SMILES string of the molecule is C[C@H](NCC(=O)Nc1ccc(C(C)(C)C)cc1)c1ccccc1. The first kappa shape index (κ1) is 17.2. The molecule has 0 aliphatic carbocycles. The van der Waals surface area contributed by atoms with E-state index in [0.29, 0.717) is 0 Å². The summed E-state index contributed by atoms with van der Waals surface area (Å²) < 4.78 is 0. The van der Waals surface area contributed by atoms with Crippen LogP contribution in [-0.4, -0.2) is 12.5 Å². The van der Waals surface area contributed by atoms with Crippen LogP contribution in [0.1, 0.15) is 44.9 Å². The van der Waals surface area contributed by atoms with Gasteiger partial charge in [-0.3, -0.25) is 4.79 Å². The Morgan fingerprint density at radius 2 is 1.61 bits per heavy atom. The van der Waals surface area contributed by atoms with Crippen LogP contribution in [0.2, 0.25) is 0 Å². The first-order valence-corrected chi connectivity index (χ1v) is 8.05. The van der Waals surface area contributed by atoms with Crippen molar-refractivity contribution in [3.8, 4) is 0 Å². The number of benzene rings is 2. The zero-order chi connectivity index (χ0) is 16.9. The summed E-state index contributed by atoms with van der Waals surface area (Å²) in [5.74, 6) is -0.0312. The average Bonchev–Trinajstić information content (AvgIpc) is 2.53. The highest BCUT2D eigenvalue weighted by atomic mass is 16.1. The maximum absolute atomic E-state index is 12.1. The van der Waals surface area contributed by atoms with Crippen molar-refractivity contribution in [1.29, 1.82) is 0 Å². The van der Waals surface area contributed by atoms with Gasteiger partial charge in [-0.25, -0.2) is 0 Å². The molecule has 0 aliphatic rings. The van der Waals surface area contributed by atoms with Gasteiger partial charge in [0, 0.05) is 11.7 Å². The van der Waals surface area contributed by atoms with Gasteiger partial charge in [-0.1, -0.05) is 63.2 Å². The molecule has 23 heavy (non-hydrogen) atoms. The molecule has 2 N–H and O–H groups in total. The van der Waals surface area contributed by atoms with E-state index in [9.17, 15) is 4.79 Å². The molecule has 0 saturated heterocycles. The molecule has 0 heterocycles. The lowest BCUT2D eigenvalue weighted by atomic mass is 9.87. The van der Waals surface area contributed by atoms with Crippen molar-refractivity contribution < 1.29 is 4.79 Å². The van der Waals surface area contributed by atoms with E-state index in [4.69, 9.17) is 0 Å². The Kier molecular flexibility index (Phi) is 5.56. The lowest BCUT2D eigenvalue weighted by Crippen LogP contribution is -2.30. The highest BCUT2D eigenvalue weighted by Crippen LogP contribution is 2.23. The Bertz CT molecular complexity index is 627. The number of hydrogen-bond acceptors (Lipinski definition) is 2. The molecule has 2 rings (SSSR count). The van der Waals surface area contributed by atoms with Crippen LogP contribution < -0.4 is 10.6 Å². The number of carbonyl (C=O) groups excluding carboxylic acids is 1. The molecule has 3 nitrogen and oxygen atoms in total. The van der Waals surface area contributed by atoms with Crippen molar-refractivity contribution >= 4 is 11.6 Å². The highest BCUT2D eigenvalue weighted by Gasteiger charge is 2.13. The topological polar surface area (TPSA) is 41.1 Å². The lowest BCUT2D eigenvalue weighted by Gasteiger charge is -2.19. The second-order valence-electron chi connectivity index (χ2n) is 6.89. The number of anilines is 1. The average molecular weight is 310 g/mol. The van der Waals surface area contributed by atoms with E-state index in [0.717, 1.165) is 5.69 Å². The van der Waals surface area contributed by atoms with E-state index in [1.807, 2.05) is 30.3 Å². The summed E-state index contributed by atoms with van der Waals surface area (Å²) in [5.41, 5.74) is 3.38. The molecule has 0 bridgehead atoms. The van der Waals surface area contributed by atoms with Crippen LogP contribution in [0.3, 0.4) is 0 Å².